The van der Waals surface area contributed by atoms with Crippen molar-refractivity contribution in [1.82, 2.24) is 4.98 Å². The quantitative estimate of drug-likeness (QED) is 0.679. The minimum Gasteiger partial charge on any atom is -0.328 e. The van der Waals surface area contributed by atoms with Gasteiger partial charge in [0.2, 0.25) is 0 Å². The molecule has 15 heavy (non-hydrogen) atoms. The zero-order valence-corrected chi connectivity index (χ0v) is 9.32. The number of hydrogen-bond donors (Lipinski definition) is 1. The molecule has 0 radical (unpaired) electrons. The van der Waals surface area contributed by atoms with Gasteiger partial charge in [0.15, 0.2) is 0 Å². The Morgan fingerprint density at radius 2 is 2.07 bits per heavy atom. The summed E-state index contributed by atoms with van der Waals surface area (Å²) in [6, 6.07) is 2.02. The van der Waals surface area contributed by atoms with Crippen LogP contribution in [0.2, 0.25) is 0 Å². The lowest BCUT2D eigenvalue weighted by molar-refractivity contribution is 0.713. The van der Waals surface area contributed by atoms with Gasteiger partial charge in [-0.15, -0.1) is 11.3 Å². The van der Waals surface area contributed by atoms with Crippen LogP contribution in [0.3, 0.4) is 0 Å². The maximum absolute atomic E-state index is 11.8. The number of thiophene rings is 1. The highest BCUT2D eigenvalue weighted by atomic mass is 32.1. The van der Waals surface area contributed by atoms with Crippen LogP contribution in [0.25, 0.3) is 10.1 Å². The molecule has 3 rings (SSSR count). The average molecular weight is 219 g/mol. The fourth-order valence-corrected chi connectivity index (χ4v) is 3.69. The van der Waals surface area contributed by atoms with Crippen LogP contribution in [0.4, 0.5) is 0 Å². The first-order chi connectivity index (χ1) is 7.36. The topological polar surface area (TPSA) is 32.9 Å². The minimum absolute atomic E-state index is 0.0897. The Morgan fingerprint density at radius 1 is 1.20 bits per heavy atom. The van der Waals surface area contributed by atoms with Crippen molar-refractivity contribution in [1.29, 1.82) is 0 Å². The van der Waals surface area contributed by atoms with Crippen molar-refractivity contribution in [3.63, 3.8) is 0 Å². The molecule has 2 aromatic heterocycles. The molecule has 1 aliphatic rings. The second-order valence-corrected chi connectivity index (χ2v) is 5.25. The van der Waals surface area contributed by atoms with Gasteiger partial charge in [-0.05, 0) is 37.3 Å². The number of H-pyrrole nitrogens is 1. The summed E-state index contributed by atoms with van der Waals surface area (Å²) >= 11 is 1.81. The molecule has 0 amide bonds. The molecule has 78 valence electrons. The SMILES string of the molecule is O=c1[nH]ccc2sc3c(c12)CCCCC3. The smallest absolute Gasteiger partial charge is 0.256 e. The molecule has 0 unspecified atom stereocenters. The molecule has 0 bridgehead atoms. The normalized spacial score (nSPS) is 16.3. The van der Waals surface area contributed by atoms with Crippen molar-refractivity contribution < 1.29 is 0 Å². The van der Waals surface area contributed by atoms with Gasteiger partial charge in [0.1, 0.15) is 0 Å². The molecule has 0 saturated carbocycles. The van der Waals surface area contributed by atoms with E-state index in [0.717, 1.165) is 22.9 Å². The molecule has 0 aliphatic heterocycles. The maximum atomic E-state index is 11.8. The predicted octanol–water partition coefficient (Wildman–Crippen LogP) is 2.86. The zero-order valence-electron chi connectivity index (χ0n) is 8.51. The number of pyridine rings is 1. The van der Waals surface area contributed by atoms with E-state index < -0.39 is 0 Å². The Morgan fingerprint density at radius 3 is 3.00 bits per heavy atom. The highest BCUT2D eigenvalue weighted by molar-refractivity contribution is 7.19. The van der Waals surface area contributed by atoms with E-state index in [-0.39, 0.29) is 5.56 Å². The average Bonchev–Trinajstić information content (AvgIpc) is 2.43. The van der Waals surface area contributed by atoms with E-state index in [1.54, 1.807) is 6.20 Å². The molecular weight excluding hydrogens is 206 g/mol. The van der Waals surface area contributed by atoms with E-state index in [4.69, 9.17) is 0 Å². The molecule has 0 spiro atoms. The number of aryl methyl sites for hydroxylation is 2. The van der Waals surface area contributed by atoms with E-state index in [1.165, 1.54) is 29.7 Å². The zero-order chi connectivity index (χ0) is 10.3. The van der Waals surface area contributed by atoms with Crippen LogP contribution in [0.5, 0.6) is 0 Å². The van der Waals surface area contributed by atoms with Crippen molar-refractivity contribution in [2.24, 2.45) is 0 Å². The van der Waals surface area contributed by atoms with Gasteiger partial charge in [-0.1, -0.05) is 6.42 Å². The Labute approximate surface area is 92.0 Å². The number of hydrogen-bond acceptors (Lipinski definition) is 2. The molecule has 1 aliphatic carbocycles. The molecule has 0 saturated heterocycles. The summed E-state index contributed by atoms with van der Waals surface area (Å²) in [5.41, 5.74) is 1.42. The van der Waals surface area contributed by atoms with Crippen molar-refractivity contribution in [2.45, 2.75) is 32.1 Å². The van der Waals surface area contributed by atoms with Crippen LogP contribution >= 0.6 is 11.3 Å². The molecule has 1 N–H and O–H groups in total. The van der Waals surface area contributed by atoms with E-state index in [9.17, 15) is 4.79 Å². The number of aromatic nitrogens is 1. The standard InChI is InChI=1S/C12H13NOS/c14-12-11-8-4-2-1-3-5-9(8)15-10(11)6-7-13-12/h6-7H,1-5H2,(H,13,14). The summed E-state index contributed by atoms with van der Waals surface area (Å²) in [5.74, 6) is 0. The first kappa shape index (κ1) is 9.16. The first-order valence-electron chi connectivity index (χ1n) is 5.48. The monoisotopic (exact) mass is 219 g/mol. The van der Waals surface area contributed by atoms with Gasteiger partial charge < -0.3 is 4.98 Å². The number of aromatic amines is 1. The van der Waals surface area contributed by atoms with Crippen molar-refractivity contribution in [2.75, 3.05) is 0 Å². The summed E-state index contributed by atoms with van der Waals surface area (Å²) in [6.07, 6.45) is 7.80. The van der Waals surface area contributed by atoms with Crippen molar-refractivity contribution in [3.05, 3.63) is 33.1 Å². The van der Waals surface area contributed by atoms with E-state index >= 15 is 0 Å². The van der Waals surface area contributed by atoms with Gasteiger partial charge in [0, 0.05) is 15.8 Å². The Bertz CT molecular complexity index is 552. The van der Waals surface area contributed by atoms with Gasteiger partial charge in [0.25, 0.3) is 5.56 Å². The maximum Gasteiger partial charge on any atom is 0.256 e. The number of rotatable bonds is 0. The Hall–Kier alpha value is -1.09. The second kappa shape index (κ2) is 3.49. The van der Waals surface area contributed by atoms with Gasteiger partial charge in [-0.2, -0.15) is 0 Å². The van der Waals surface area contributed by atoms with Crippen LogP contribution in [0.1, 0.15) is 29.7 Å². The predicted molar refractivity (Wildman–Crippen MR) is 63.7 cm³/mol. The van der Waals surface area contributed by atoms with Gasteiger partial charge in [-0.3, -0.25) is 4.79 Å². The van der Waals surface area contributed by atoms with Crippen molar-refractivity contribution >= 4 is 21.4 Å². The molecule has 2 heterocycles. The second-order valence-electron chi connectivity index (χ2n) is 4.11. The first-order valence-corrected chi connectivity index (χ1v) is 6.30. The van der Waals surface area contributed by atoms with Crippen LogP contribution in [-0.4, -0.2) is 4.98 Å². The minimum atomic E-state index is 0.0897. The summed E-state index contributed by atoms with van der Waals surface area (Å²) < 4.78 is 1.16. The lowest BCUT2D eigenvalue weighted by Gasteiger charge is -1.96. The summed E-state index contributed by atoms with van der Waals surface area (Å²) in [7, 11) is 0. The molecule has 2 nitrogen and oxygen atoms in total. The van der Waals surface area contributed by atoms with E-state index in [0.29, 0.717) is 0 Å². The Balaban J connectivity index is 2.34. The summed E-state index contributed by atoms with van der Waals surface area (Å²) in [4.78, 5) is 16.0. The van der Waals surface area contributed by atoms with Gasteiger partial charge in [-0.25, -0.2) is 0 Å². The number of fused-ring (bicyclic) bond motifs is 3. The lowest BCUT2D eigenvalue weighted by Crippen LogP contribution is -2.05. The third-order valence-electron chi connectivity index (χ3n) is 3.12. The molecule has 3 heteroatoms. The largest absolute Gasteiger partial charge is 0.328 e. The van der Waals surface area contributed by atoms with Crippen molar-refractivity contribution in [3.8, 4) is 0 Å². The van der Waals surface area contributed by atoms with Crippen LogP contribution in [0.15, 0.2) is 17.1 Å². The molecule has 2 aromatic rings. The van der Waals surface area contributed by atoms with Crippen LogP contribution < -0.4 is 5.56 Å². The highest BCUT2D eigenvalue weighted by Crippen LogP contribution is 2.33. The third-order valence-corrected chi connectivity index (χ3v) is 4.38. The van der Waals surface area contributed by atoms with Gasteiger partial charge >= 0.3 is 0 Å². The number of nitrogens with one attached hydrogen (secondary N) is 1. The third kappa shape index (κ3) is 1.42. The fourth-order valence-electron chi connectivity index (χ4n) is 2.40. The molecule has 0 fully saturated rings. The van der Waals surface area contributed by atoms with Crippen LogP contribution in [-0.2, 0) is 12.8 Å². The highest BCUT2D eigenvalue weighted by Gasteiger charge is 2.16. The fraction of sp³-hybridized carbons (Fsp3) is 0.417. The Kier molecular flexibility index (Phi) is 2.13. The molecular formula is C12H13NOS. The van der Waals surface area contributed by atoms with Crippen LogP contribution in [0, 0.1) is 0 Å². The summed E-state index contributed by atoms with van der Waals surface area (Å²) in [6.45, 7) is 0. The summed E-state index contributed by atoms with van der Waals surface area (Å²) in [5, 5.41) is 0.958. The molecule has 0 atom stereocenters. The lowest BCUT2D eigenvalue weighted by atomic mass is 10.1. The van der Waals surface area contributed by atoms with E-state index in [2.05, 4.69) is 4.98 Å². The van der Waals surface area contributed by atoms with E-state index in [1.807, 2.05) is 17.4 Å². The van der Waals surface area contributed by atoms with Gasteiger partial charge in [0.05, 0.1) is 5.39 Å². The molecule has 0 aromatic carbocycles.